The lowest BCUT2D eigenvalue weighted by Gasteiger charge is -2.38. The van der Waals surface area contributed by atoms with Gasteiger partial charge < -0.3 is 30.5 Å². The van der Waals surface area contributed by atoms with Crippen LogP contribution in [0, 0.1) is 5.82 Å². The summed E-state index contributed by atoms with van der Waals surface area (Å²) in [6.45, 7) is 7.99. The van der Waals surface area contributed by atoms with E-state index < -0.39 is 23.7 Å². The van der Waals surface area contributed by atoms with Crippen LogP contribution in [0.2, 0.25) is 0 Å². The Hall–Kier alpha value is -6.46. The first kappa shape index (κ1) is 40.0. The number of piperazine rings is 1. The van der Waals surface area contributed by atoms with E-state index in [9.17, 15) is 23.6 Å². The number of nitrogens with zero attached hydrogens (tertiary/aromatic N) is 8. The Bertz CT molecular complexity index is 2500. The second-order valence-electron chi connectivity index (χ2n) is 16.1. The molecule has 3 aromatic carbocycles. The molecule has 17 heteroatoms. The number of likely N-dealkylation sites (tertiary alicyclic amines) is 1. The van der Waals surface area contributed by atoms with E-state index in [0.717, 1.165) is 93.6 Å². The summed E-state index contributed by atoms with van der Waals surface area (Å²) in [6.07, 6.45) is 3.91. The molecule has 0 unspecified atom stereocenters. The van der Waals surface area contributed by atoms with Crippen LogP contribution in [-0.2, 0) is 22.7 Å². The van der Waals surface area contributed by atoms with Gasteiger partial charge in [-0.1, -0.05) is 30.3 Å². The number of piperidine rings is 2. The molecule has 0 saturated carbocycles. The second kappa shape index (κ2) is 16.9. The van der Waals surface area contributed by atoms with Gasteiger partial charge in [0.25, 0.3) is 11.8 Å². The van der Waals surface area contributed by atoms with Crippen LogP contribution in [0.4, 0.5) is 15.9 Å². The van der Waals surface area contributed by atoms with Crippen LogP contribution in [0.1, 0.15) is 63.6 Å². The van der Waals surface area contributed by atoms with E-state index in [1.54, 1.807) is 4.90 Å². The maximum atomic E-state index is 13.8. The summed E-state index contributed by atoms with van der Waals surface area (Å²) in [6, 6.07) is 17.1. The van der Waals surface area contributed by atoms with E-state index >= 15 is 0 Å². The number of carbonyl (C=O) groups excluding carboxylic acids is 4. The molecule has 2 aromatic heterocycles. The van der Waals surface area contributed by atoms with E-state index in [4.69, 9.17) is 15.6 Å². The van der Waals surface area contributed by atoms with E-state index in [1.807, 2.05) is 41.1 Å². The summed E-state index contributed by atoms with van der Waals surface area (Å²) in [7, 11) is 1.44. The molecule has 16 nitrogen and oxygen atoms in total. The first-order valence-electron chi connectivity index (χ1n) is 20.8. The molecule has 3 fully saturated rings. The monoisotopic (exact) mass is 829 g/mol. The zero-order valence-electron chi connectivity index (χ0n) is 34.0. The van der Waals surface area contributed by atoms with Crippen LogP contribution in [0.5, 0.6) is 5.75 Å². The lowest BCUT2D eigenvalue weighted by Crippen LogP contribution is -2.52. The van der Waals surface area contributed by atoms with E-state index in [-0.39, 0.29) is 36.4 Å². The lowest BCUT2D eigenvalue weighted by molar-refractivity contribution is -0.136. The number of ether oxygens (including phenoxy) is 1. The fraction of sp³-hybridized carbons (Fsp3) is 0.386. The van der Waals surface area contributed by atoms with Crippen molar-refractivity contribution in [1.29, 1.82) is 0 Å². The molecule has 0 spiro atoms. The highest BCUT2D eigenvalue weighted by Gasteiger charge is 2.39. The van der Waals surface area contributed by atoms with Gasteiger partial charge in [-0.2, -0.15) is 5.10 Å². The summed E-state index contributed by atoms with van der Waals surface area (Å²) in [5.41, 5.74) is 12.3. The van der Waals surface area contributed by atoms with Crippen molar-refractivity contribution in [3.8, 4) is 17.0 Å². The molecule has 0 bridgehead atoms. The lowest BCUT2D eigenvalue weighted by atomic mass is 10.0. The standard InChI is InChI=1S/C44H48FN11O5/c1-61-36-10-7-30(45)22-34(36)42(58)47-24-27-2-4-28(5-3-27)39-38-40(46)48-26-49-41(38)56(51-39)31-12-14-52(15-13-31)16-17-53-18-20-54(21-19-53)32-8-6-29-25-55(44(60)33(29)23-32)35-9-11-37(57)50-43(35)59/h2-8,10,22-23,26,31,35H,9,11-21,24-25H2,1H3,(H,47,58)(H2,46,48,49)(H,50,57,59)/t35-/m0/s1. The van der Waals surface area contributed by atoms with Gasteiger partial charge in [0.1, 0.15) is 35.4 Å². The number of aromatic nitrogens is 4. The van der Waals surface area contributed by atoms with Crippen molar-refractivity contribution in [1.82, 2.24) is 45.1 Å². The Labute approximate surface area is 351 Å². The van der Waals surface area contributed by atoms with Crippen LogP contribution in [0.3, 0.4) is 0 Å². The Kier molecular flexibility index (Phi) is 11.1. The largest absolute Gasteiger partial charge is 0.496 e. The SMILES string of the molecule is COc1ccc(F)cc1C(=O)NCc1ccc(-c2nn(C3CCN(CCN4CCN(c5ccc6c(c5)C(=O)N([C@H]5CCC(=O)NC5=O)C6)CC4)CC3)c3ncnc(N)c23)cc1. The predicted molar refractivity (Wildman–Crippen MR) is 225 cm³/mol. The Morgan fingerprint density at radius 2 is 1.67 bits per heavy atom. The molecule has 5 aromatic rings. The van der Waals surface area contributed by atoms with Gasteiger partial charge in [0.2, 0.25) is 11.8 Å². The first-order valence-corrected chi connectivity index (χ1v) is 20.8. The third-order valence-corrected chi connectivity index (χ3v) is 12.5. The summed E-state index contributed by atoms with van der Waals surface area (Å²) < 4.78 is 21.1. The van der Waals surface area contributed by atoms with Crippen molar-refractivity contribution in [2.75, 3.05) is 70.1 Å². The highest BCUT2D eigenvalue weighted by Crippen LogP contribution is 2.35. The van der Waals surface area contributed by atoms with E-state index in [0.29, 0.717) is 46.8 Å². The molecule has 1 atom stereocenters. The number of anilines is 2. The number of methoxy groups -OCH3 is 1. The third-order valence-electron chi connectivity index (χ3n) is 12.5. The van der Waals surface area contributed by atoms with Crippen LogP contribution < -0.4 is 26.0 Å². The van der Waals surface area contributed by atoms with Crippen molar-refractivity contribution >= 4 is 46.2 Å². The molecule has 4 N–H and O–H groups in total. The van der Waals surface area contributed by atoms with Gasteiger partial charge in [-0.25, -0.2) is 19.0 Å². The molecule has 61 heavy (non-hydrogen) atoms. The number of amides is 4. The quantitative estimate of drug-likeness (QED) is 0.165. The molecule has 316 valence electrons. The fourth-order valence-electron chi connectivity index (χ4n) is 9.01. The van der Waals surface area contributed by atoms with Crippen LogP contribution in [0.15, 0.2) is 67.0 Å². The number of hydrogen-bond acceptors (Lipinski definition) is 12. The Morgan fingerprint density at radius 3 is 2.41 bits per heavy atom. The maximum Gasteiger partial charge on any atom is 0.255 e. The van der Waals surface area contributed by atoms with Gasteiger partial charge in [-0.3, -0.25) is 29.4 Å². The number of rotatable bonds is 11. The van der Waals surface area contributed by atoms with Crippen molar-refractivity contribution in [3.63, 3.8) is 0 Å². The molecule has 4 aliphatic heterocycles. The topological polar surface area (TPSA) is 184 Å². The zero-order valence-corrected chi connectivity index (χ0v) is 34.0. The average Bonchev–Trinajstić information content (AvgIpc) is 3.83. The molecule has 9 rings (SSSR count). The highest BCUT2D eigenvalue weighted by atomic mass is 19.1. The summed E-state index contributed by atoms with van der Waals surface area (Å²) in [5, 5.41) is 11.0. The smallest absolute Gasteiger partial charge is 0.255 e. The molecular formula is C44H48FN11O5. The van der Waals surface area contributed by atoms with Gasteiger partial charge in [-0.15, -0.1) is 0 Å². The van der Waals surface area contributed by atoms with Gasteiger partial charge in [0.05, 0.1) is 24.1 Å². The van der Waals surface area contributed by atoms with Crippen molar-refractivity contribution in [2.45, 2.75) is 50.9 Å². The zero-order chi connectivity index (χ0) is 42.2. The maximum absolute atomic E-state index is 13.8. The van der Waals surface area contributed by atoms with Gasteiger partial charge in [0.15, 0.2) is 5.65 Å². The molecule has 6 heterocycles. The summed E-state index contributed by atoms with van der Waals surface area (Å²) >= 11 is 0. The predicted octanol–water partition coefficient (Wildman–Crippen LogP) is 3.37. The molecule has 0 radical (unpaired) electrons. The van der Waals surface area contributed by atoms with Crippen molar-refractivity contribution in [2.24, 2.45) is 0 Å². The number of hydrogen-bond donors (Lipinski definition) is 3. The number of nitrogens with two attached hydrogens (primary N) is 1. The number of carbonyl (C=O) groups is 4. The number of nitrogens with one attached hydrogen (secondary N) is 2. The third kappa shape index (κ3) is 8.10. The highest BCUT2D eigenvalue weighted by molar-refractivity contribution is 6.06. The summed E-state index contributed by atoms with van der Waals surface area (Å²) in [4.78, 5) is 68.2. The number of nitrogen functional groups attached to an aromatic ring is 1. The molecule has 4 amide bonds. The Balaban J connectivity index is 0.769. The minimum absolute atomic E-state index is 0.129. The number of fused-ring (bicyclic) bond motifs is 2. The number of benzene rings is 3. The van der Waals surface area contributed by atoms with Crippen molar-refractivity contribution in [3.05, 3.63) is 95.1 Å². The average molecular weight is 830 g/mol. The van der Waals surface area contributed by atoms with Gasteiger partial charge >= 0.3 is 0 Å². The van der Waals surface area contributed by atoms with E-state index in [1.165, 1.54) is 25.6 Å². The minimum atomic E-state index is -0.615. The van der Waals surface area contributed by atoms with Gasteiger partial charge in [-0.05, 0) is 60.7 Å². The van der Waals surface area contributed by atoms with Crippen molar-refractivity contribution < 1.29 is 28.3 Å². The number of halogens is 1. The molecule has 3 saturated heterocycles. The second-order valence-corrected chi connectivity index (χ2v) is 16.1. The number of imide groups is 1. The normalized spacial score (nSPS) is 19.0. The molecule has 0 aliphatic carbocycles. The first-order chi connectivity index (χ1) is 29.6. The van der Waals surface area contributed by atoms with Gasteiger partial charge in [0, 0.05) is 88.7 Å². The molecular weight excluding hydrogens is 782 g/mol. The summed E-state index contributed by atoms with van der Waals surface area (Å²) in [5.74, 6) is -1.12. The van der Waals surface area contributed by atoms with Crippen LogP contribution in [-0.4, -0.2) is 124 Å². The fourth-order valence-corrected chi connectivity index (χ4v) is 9.01. The van der Waals surface area contributed by atoms with Crippen LogP contribution >= 0.6 is 0 Å². The van der Waals surface area contributed by atoms with E-state index in [2.05, 4.69) is 41.4 Å². The van der Waals surface area contributed by atoms with Crippen LogP contribution in [0.25, 0.3) is 22.3 Å². The Morgan fingerprint density at radius 1 is 0.918 bits per heavy atom. The molecule has 4 aliphatic rings. The minimum Gasteiger partial charge on any atom is -0.496 e.